The third-order valence-corrected chi connectivity index (χ3v) is 3.16. The molecule has 0 aliphatic rings. The van der Waals surface area contributed by atoms with Crippen LogP contribution in [0.25, 0.3) is 0 Å². The number of ether oxygens (including phenoxy) is 1. The third kappa shape index (κ3) is 5.28. The Morgan fingerprint density at radius 2 is 2.00 bits per heavy atom. The van der Waals surface area contributed by atoms with E-state index >= 15 is 0 Å². The van der Waals surface area contributed by atoms with Gasteiger partial charge in [0.05, 0.1) is 12.7 Å². The van der Waals surface area contributed by atoms with Crippen LogP contribution in [0.5, 0.6) is 0 Å². The van der Waals surface area contributed by atoms with Crippen LogP contribution < -0.4 is 10.6 Å². The Kier molecular flexibility index (Phi) is 6.13. The normalized spacial score (nSPS) is 10.0. The van der Waals surface area contributed by atoms with Gasteiger partial charge >= 0.3 is 5.97 Å². The van der Waals surface area contributed by atoms with Crippen molar-refractivity contribution in [3.8, 4) is 0 Å². The number of anilines is 1. The Bertz CT molecular complexity index is 710. The number of carbonyl (C=O) groups excluding carboxylic acids is 3. The lowest BCUT2D eigenvalue weighted by Gasteiger charge is -2.07. The van der Waals surface area contributed by atoms with E-state index in [0.29, 0.717) is 23.4 Å². The molecule has 24 heavy (non-hydrogen) atoms. The minimum Gasteiger partial charge on any atom is -0.469 e. The molecular formula is C17H18N2O5. The molecule has 0 bridgehead atoms. The molecule has 0 fully saturated rings. The van der Waals surface area contributed by atoms with Gasteiger partial charge in [0.25, 0.3) is 11.8 Å². The Morgan fingerprint density at radius 3 is 2.71 bits per heavy atom. The van der Waals surface area contributed by atoms with Crippen molar-refractivity contribution in [1.29, 1.82) is 0 Å². The number of benzene rings is 1. The fourth-order valence-corrected chi connectivity index (χ4v) is 1.98. The zero-order valence-electron chi connectivity index (χ0n) is 13.2. The molecule has 7 nitrogen and oxygen atoms in total. The van der Waals surface area contributed by atoms with Crippen molar-refractivity contribution in [2.24, 2.45) is 0 Å². The second-order valence-electron chi connectivity index (χ2n) is 4.95. The van der Waals surface area contributed by atoms with Crippen molar-refractivity contribution in [3.63, 3.8) is 0 Å². The van der Waals surface area contributed by atoms with Crippen LogP contribution in [0.15, 0.2) is 47.1 Å². The average molecular weight is 330 g/mol. The third-order valence-electron chi connectivity index (χ3n) is 3.16. The number of hydrogen-bond acceptors (Lipinski definition) is 5. The standard InChI is InChI=1S/C17H18N2O5/c1-18-17(22)12-4-2-5-13(10-12)19-15(20)11-24-16(21)8-7-14-6-3-9-23-14/h2-6,9-10H,7-8,11H2,1H3,(H,18,22)(H,19,20). The van der Waals surface area contributed by atoms with Crippen molar-refractivity contribution in [2.45, 2.75) is 12.8 Å². The molecule has 1 aromatic heterocycles. The van der Waals surface area contributed by atoms with Crippen LogP contribution >= 0.6 is 0 Å². The lowest BCUT2D eigenvalue weighted by molar-refractivity contribution is -0.147. The molecule has 0 unspecified atom stereocenters. The number of esters is 1. The Hall–Kier alpha value is -3.09. The molecule has 0 aliphatic heterocycles. The first-order valence-corrected chi connectivity index (χ1v) is 7.38. The Morgan fingerprint density at radius 1 is 1.17 bits per heavy atom. The number of aryl methyl sites for hydroxylation is 1. The molecule has 0 aliphatic carbocycles. The minimum atomic E-state index is -0.485. The number of hydrogen-bond donors (Lipinski definition) is 2. The van der Waals surface area contributed by atoms with Crippen molar-refractivity contribution < 1.29 is 23.5 Å². The predicted molar refractivity (Wildman–Crippen MR) is 86.4 cm³/mol. The summed E-state index contributed by atoms with van der Waals surface area (Å²) in [7, 11) is 1.52. The van der Waals surface area contributed by atoms with Gasteiger partial charge in [-0.25, -0.2) is 0 Å². The van der Waals surface area contributed by atoms with E-state index in [-0.39, 0.29) is 18.9 Å². The number of amides is 2. The summed E-state index contributed by atoms with van der Waals surface area (Å²) in [5.74, 6) is -0.533. The average Bonchev–Trinajstić information content (AvgIpc) is 3.11. The highest BCUT2D eigenvalue weighted by atomic mass is 16.5. The lowest BCUT2D eigenvalue weighted by atomic mass is 10.2. The monoisotopic (exact) mass is 330 g/mol. The van der Waals surface area contributed by atoms with Crippen molar-refractivity contribution in [1.82, 2.24) is 5.32 Å². The van der Waals surface area contributed by atoms with E-state index in [0.717, 1.165) is 0 Å². The number of nitrogens with one attached hydrogen (secondary N) is 2. The minimum absolute atomic E-state index is 0.132. The highest BCUT2D eigenvalue weighted by Gasteiger charge is 2.10. The zero-order chi connectivity index (χ0) is 17.4. The molecule has 1 heterocycles. The summed E-state index contributed by atoms with van der Waals surface area (Å²) in [6.45, 7) is -0.388. The molecule has 2 rings (SSSR count). The molecule has 126 valence electrons. The second-order valence-corrected chi connectivity index (χ2v) is 4.95. The predicted octanol–water partition coefficient (Wildman–Crippen LogP) is 1.75. The summed E-state index contributed by atoms with van der Waals surface area (Å²) < 4.78 is 10.0. The van der Waals surface area contributed by atoms with Crippen molar-refractivity contribution >= 4 is 23.5 Å². The van der Waals surface area contributed by atoms with Gasteiger partial charge in [0.1, 0.15) is 5.76 Å². The van der Waals surface area contributed by atoms with Gasteiger partial charge in [0.15, 0.2) is 6.61 Å². The van der Waals surface area contributed by atoms with Gasteiger partial charge < -0.3 is 19.8 Å². The van der Waals surface area contributed by atoms with Crippen LogP contribution in [0, 0.1) is 0 Å². The molecule has 0 atom stereocenters. The van der Waals surface area contributed by atoms with E-state index in [1.54, 1.807) is 30.3 Å². The summed E-state index contributed by atoms with van der Waals surface area (Å²) >= 11 is 0. The van der Waals surface area contributed by atoms with Gasteiger partial charge in [0, 0.05) is 24.7 Å². The maximum Gasteiger partial charge on any atom is 0.306 e. The van der Waals surface area contributed by atoms with Crippen molar-refractivity contribution in [2.75, 3.05) is 19.0 Å². The fraction of sp³-hybridized carbons (Fsp3) is 0.235. The van der Waals surface area contributed by atoms with Crippen LogP contribution in [0.3, 0.4) is 0 Å². The molecule has 7 heteroatoms. The first kappa shape index (κ1) is 17.3. The SMILES string of the molecule is CNC(=O)c1cccc(NC(=O)COC(=O)CCc2ccco2)c1. The summed E-state index contributed by atoms with van der Waals surface area (Å²) in [5, 5.41) is 5.07. The van der Waals surface area contributed by atoms with Gasteiger partial charge in [-0.15, -0.1) is 0 Å². The molecule has 0 radical (unpaired) electrons. The summed E-state index contributed by atoms with van der Waals surface area (Å²) in [5.41, 5.74) is 0.874. The summed E-state index contributed by atoms with van der Waals surface area (Å²) in [6, 6.07) is 9.96. The quantitative estimate of drug-likeness (QED) is 0.754. The molecule has 0 spiro atoms. The largest absolute Gasteiger partial charge is 0.469 e. The van der Waals surface area contributed by atoms with E-state index in [4.69, 9.17) is 9.15 Å². The topological polar surface area (TPSA) is 97.6 Å². The Balaban J connectivity index is 1.76. The number of carbonyl (C=O) groups is 3. The van der Waals surface area contributed by atoms with E-state index in [2.05, 4.69) is 10.6 Å². The van der Waals surface area contributed by atoms with Crippen LogP contribution in [0.1, 0.15) is 22.5 Å². The van der Waals surface area contributed by atoms with Crippen molar-refractivity contribution in [3.05, 3.63) is 54.0 Å². The van der Waals surface area contributed by atoms with Crippen LogP contribution in [-0.4, -0.2) is 31.4 Å². The van der Waals surface area contributed by atoms with Crippen LogP contribution in [0.2, 0.25) is 0 Å². The summed E-state index contributed by atoms with van der Waals surface area (Å²) in [4.78, 5) is 34.9. The molecular weight excluding hydrogens is 312 g/mol. The van der Waals surface area contributed by atoms with Gasteiger partial charge in [-0.1, -0.05) is 6.07 Å². The molecule has 0 saturated heterocycles. The molecule has 2 N–H and O–H groups in total. The lowest BCUT2D eigenvalue weighted by Crippen LogP contribution is -2.22. The Labute approximate surface area is 139 Å². The van der Waals surface area contributed by atoms with Gasteiger partial charge in [-0.2, -0.15) is 0 Å². The van der Waals surface area contributed by atoms with E-state index in [1.807, 2.05) is 0 Å². The highest BCUT2D eigenvalue weighted by Crippen LogP contribution is 2.10. The molecule has 1 aromatic carbocycles. The van der Waals surface area contributed by atoms with E-state index in [1.165, 1.54) is 19.4 Å². The maximum absolute atomic E-state index is 11.8. The van der Waals surface area contributed by atoms with Crippen LogP contribution in [0.4, 0.5) is 5.69 Å². The zero-order valence-corrected chi connectivity index (χ0v) is 13.2. The van der Waals surface area contributed by atoms with Gasteiger partial charge in [-0.05, 0) is 30.3 Å². The molecule has 2 aromatic rings. The maximum atomic E-state index is 11.8. The smallest absolute Gasteiger partial charge is 0.306 e. The number of rotatable bonds is 7. The van der Waals surface area contributed by atoms with Gasteiger partial charge in [0.2, 0.25) is 0 Å². The highest BCUT2D eigenvalue weighted by molar-refractivity contribution is 5.97. The molecule has 0 saturated carbocycles. The first-order valence-electron chi connectivity index (χ1n) is 7.38. The fourth-order valence-electron chi connectivity index (χ4n) is 1.98. The summed E-state index contributed by atoms with van der Waals surface area (Å²) in [6.07, 6.45) is 2.08. The van der Waals surface area contributed by atoms with E-state index in [9.17, 15) is 14.4 Å². The van der Waals surface area contributed by atoms with Crippen LogP contribution in [-0.2, 0) is 20.7 Å². The number of furan rings is 1. The first-order chi connectivity index (χ1) is 11.6. The second kappa shape index (κ2) is 8.52. The van der Waals surface area contributed by atoms with E-state index < -0.39 is 11.9 Å². The molecule has 2 amide bonds. The van der Waals surface area contributed by atoms with Gasteiger partial charge in [-0.3, -0.25) is 14.4 Å².